The van der Waals surface area contributed by atoms with E-state index in [4.69, 9.17) is 0 Å². The molecule has 0 amide bonds. The van der Waals surface area contributed by atoms with Gasteiger partial charge in [-0.05, 0) is 68.4 Å². The van der Waals surface area contributed by atoms with Crippen LogP contribution >= 0.6 is 0 Å². The average molecular weight is 356 g/mol. The van der Waals surface area contributed by atoms with Gasteiger partial charge in [0, 0.05) is 5.41 Å². The van der Waals surface area contributed by atoms with Crippen molar-refractivity contribution in [1.82, 2.24) is 0 Å². The normalized spacial score (nSPS) is 14.2. The van der Waals surface area contributed by atoms with Crippen LogP contribution < -0.4 is 0 Å². The van der Waals surface area contributed by atoms with Crippen molar-refractivity contribution in [2.24, 2.45) is 0 Å². The first kappa shape index (κ1) is 15.7. The first-order chi connectivity index (χ1) is 13.8. The fraction of sp³-hybridized carbons (Fsp3) is 0.0714. The molecular formula is C28H20. The SMILES string of the molecule is CC1(c2cccc3cc4ccccc4cc23)c2ccccc2-c2ccccc21. The summed E-state index contributed by atoms with van der Waals surface area (Å²) in [6.07, 6.45) is 0. The van der Waals surface area contributed by atoms with Gasteiger partial charge in [0.05, 0.1) is 0 Å². The van der Waals surface area contributed by atoms with Crippen LogP contribution in [0.15, 0.2) is 103 Å². The molecule has 28 heavy (non-hydrogen) atoms. The molecule has 0 nitrogen and oxygen atoms in total. The lowest BCUT2D eigenvalue weighted by Crippen LogP contribution is -2.22. The molecule has 1 aliphatic carbocycles. The molecule has 0 N–H and O–H groups in total. The zero-order valence-electron chi connectivity index (χ0n) is 15.8. The summed E-state index contributed by atoms with van der Waals surface area (Å²) in [7, 11) is 0. The monoisotopic (exact) mass is 356 g/mol. The van der Waals surface area contributed by atoms with Crippen molar-refractivity contribution in [3.05, 3.63) is 120 Å². The van der Waals surface area contributed by atoms with Crippen LogP contribution in [0.25, 0.3) is 32.7 Å². The van der Waals surface area contributed by atoms with Crippen LogP contribution in [0.2, 0.25) is 0 Å². The molecule has 0 bridgehead atoms. The zero-order valence-corrected chi connectivity index (χ0v) is 15.8. The maximum atomic E-state index is 2.39. The summed E-state index contributed by atoms with van der Waals surface area (Å²) in [6, 6.07) is 37.9. The molecule has 5 aromatic rings. The smallest absolute Gasteiger partial charge is 0.0441 e. The van der Waals surface area contributed by atoms with Gasteiger partial charge in [0.25, 0.3) is 0 Å². The highest BCUT2D eigenvalue weighted by Crippen LogP contribution is 2.53. The van der Waals surface area contributed by atoms with Crippen LogP contribution in [0.4, 0.5) is 0 Å². The van der Waals surface area contributed by atoms with Gasteiger partial charge < -0.3 is 0 Å². The number of rotatable bonds is 1. The van der Waals surface area contributed by atoms with E-state index in [2.05, 4.69) is 110 Å². The van der Waals surface area contributed by atoms with Crippen LogP contribution in [0.1, 0.15) is 23.6 Å². The molecular weight excluding hydrogens is 336 g/mol. The van der Waals surface area contributed by atoms with Crippen molar-refractivity contribution in [3.63, 3.8) is 0 Å². The first-order valence-electron chi connectivity index (χ1n) is 9.88. The molecule has 0 spiro atoms. The molecule has 0 aromatic heterocycles. The lowest BCUT2D eigenvalue weighted by Gasteiger charge is -2.29. The van der Waals surface area contributed by atoms with Crippen LogP contribution in [0.3, 0.4) is 0 Å². The highest BCUT2D eigenvalue weighted by molar-refractivity contribution is 6.01. The van der Waals surface area contributed by atoms with Gasteiger partial charge in [-0.25, -0.2) is 0 Å². The quantitative estimate of drug-likeness (QED) is 0.276. The van der Waals surface area contributed by atoms with E-state index >= 15 is 0 Å². The highest BCUT2D eigenvalue weighted by Gasteiger charge is 2.41. The van der Waals surface area contributed by atoms with Crippen molar-refractivity contribution in [1.29, 1.82) is 0 Å². The number of hydrogen-bond acceptors (Lipinski definition) is 0. The van der Waals surface area contributed by atoms with E-state index in [9.17, 15) is 0 Å². The molecule has 6 rings (SSSR count). The van der Waals surface area contributed by atoms with Gasteiger partial charge >= 0.3 is 0 Å². The van der Waals surface area contributed by atoms with E-state index in [0.717, 1.165) is 0 Å². The van der Waals surface area contributed by atoms with Crippen molar-refractivity contribution in [2.75, 3.05) is 0 Å². The Kier molecular flexibility index (Phi) is 3.11. The minimum atomic E-state index is -0.158. The van der Waals surface area contributed by atoms with Crippen LogP contribution in [-0.2, 0) is 5.41 Å². The Morgan fingerprint density at radius 3 is 1.64 bits per heavy atom. The lowest BCUT2D eigenvalue weighted by atomic mass is 9.72. The molecule has 0 unspecified atom stereocenters. The first-order valence-corrected chi connectivity index (χ1v) is 9.88. The summed E-state index contributed by atoms with van der Waals surface area (Å²) in [5.74, 6) is 0. The number of fused-ring (bicyclic) bond motifs is 5. The predicted molar refractivity (Wildman–Crippen MR) is 119 cm³/mol. The third-order valence-electron chi connectivity index (χ3n) is 6.51. The van der Waals surface area contributed by atoms with Crippen LogP contribution in [0, 0.1) is 0 Å². The summed E-state index contributed by atoms with van der Waals surface area (Å²) in [4.78, 5) is 0. The van der Waals surface area contributed by atoms with Gasteiger partial charge in [-0.2, -0.15) is 0 Å². The Morgan fingerprint density at radius 1 is 0.464 bits per heavy atom. The molecule has 0 fully saturated rings. The minimum Gasteiger partial charge on any atom is -0.0619 e. The van der Waals surface area contributed by atoms with Gasteiger partial charge in [0.15, 0.2) is 0 Å². The van der Waals surface area contributed by atoms with Gasteiger partial charge in [-0.1, -0.05) is 91.0 Å². The summed E-state index contributed by atoms with van der Waals surface area (Å²) in [5.41, 5.74) is 6.74. The zero-order chi connectivity index (χ0) is 18.7. The van der Waals surface area contributed by atoms with Crippen molar-refractivity contribution in [2.45, 2.75) is 12.3 Å². The molecule has 0 heterocycles. The Hall–Kier alpha value is -3.38. The van der Waals surface area contributed by atoms with Gasteiger partial charge in [0.2, 0.25) is 0 Å². The number of benzene rings is 5. The van der Waals surface area contributed by atoms with E-state index in [1.807, 2.05) is 0 Å². The molecule has 0 aliphatic heterocycles. The van der Waals surface area contributed by atoms with Crippen molar-refractivity contribution < 1.29 is 0 Å². The standard InChI is InChI=1S/C28H20/c1-28(25-14-6-4-12-22(25)23-13-5-7-15-26(23)28)27-16-8-11-21-17-19-9-2-3-10-20(19)18-24(21)27/h2-18H,1H3. The largest absolute Gasteiger partial charge is 0.0619 e. The van der Waals surface area contributed by atoms with Gasteiger partial charge in [-0.3, -0.25) is 0 Å². The summed E-state index contributed by atoms with van der Waals surface area (Å²) < 4.78 is 0. The molecule has 1 aliphatic rings. The topological polar surface area (TPSA) is 0 Å². The van der Waals surface area contributed by atoms with Gasteiger partial charge in [-0.15, -0.1) is 0 Å². The maximum absolute atomic E-state index is 2.39. The minimum absolute atomic E-state index is 0.158. The summed E-state index contributed by atoms with van der Waals surface area (Å²) in [6.45, 7) is 2.39. The Morgan fingerprint density at radius 2 is 0.964 bits per heavy atom. The Labute approximate surface area is 165 Å². The van der Waals surface area contributed by atoms with E-state index in [0.29, 0.717) is 0 Å². The third kappa shape index (κ3) is 1.95. The second-order valence-corrected chi connectivity index (χ2v) is 7.94. The third-order valence-corrected chi connectivity index (χ3v) is 6.51. The fourth-order valence-electron chi connectivity index (χ4n) is 5.15. The van der Waals surface area contributed by atoms with Gasteiger partial charge in [0.1, 0.15) is 0 Å². The van der Waals surface area contributed by atoms with Crippen LogP contribution in [0.5, 0.6) is 0 Å². The van der Waals surface area contributed by atoms with E-state index in [1.54, 1.807) is 0 Å². The summed E-state index contributed by atoms with van der Waals surface area (Å²) >= 11 is 0. The average Bonchev–Trinajstić information content (AvgIpc) is 3.02. The molecule has 0 atom stereocenters. The molecule has 5 aromatic carbocycles. The van der Waals surface area contributed by atoms with E-state index in [-0.39, 0.29) is 5.41 Å². The molecule has 0 radical (unpaired) electrons. The van der Waals surface area contributed by atoms with Crippen LogP contribution in [-0.4, -0.2) is 0 Å². The van der Waals surface area contributed by atoms with E-state index in [1.165, 1.54) is 49.4 Å². The van der Waals surface area contributed by atoms with E-state index < -0.39 is 0 Å². The Balaban J connectivity index is 1.75. The summed E-state index contributed by atoms with van der Waals surface area (Å²) in [5, 5.41) is 5.24. The van der Waals surface area contributed by atoms with Crippen molar-refractivity contribution >= 4 is 21.5 Å². The van der Waals surface area contributed by atoms with Crippen molar-refractivity contribution in [3.8, 4) is 11.1 Å². The molecule has 0 saturated carbocycles. The second-order valence-electron chi connectivity index (χ2n) is 7.94. The lowest BCUT2D eigenvalue weighted by molar-refractivity contribution is 0.721. The second kappa shape index (κ2) is 5.56. The molecule has 0 heteroatoms. The maximum Gasteiger partial charge on any atom is 0.0441 e. The highest BCUT2D eigenvalue weighted by atomic mass is 14.4. The number of hydrogen-bond donors (Lipinski definition) is 0. The molecule has 132 valence electrons. The fourth-order valence-corrected chi connectivity index (χ4v) is 5.15. The Bertz CT molecular complexity index is 1330. The predicted octanol–water partition coefficient (Wildman–Crippen LogP) is 7.33. The molecule has 0 saturated heterocycles.